The smallest absolute Gasteiger partial charge is 0.327 e. The van der Waals surface area contributed by atoms with Gasteiger partial charge in [-0.15, -0.1) is 5.10 Å². The fraction of sp³-hybridized carbons (Fsp3) is 0.560. The molecule has 1 aliphatic rings. The van der Waals surface area contributed by atoms with Gasteiger partial charge in [-0.05, 0) is 60.6 Å². The highest BCUT2D eigenvalue weighted by molar-refractivity contribution is 5.81. The van der Waals surface area contributed by atoms with Crippen LogP contribution in [0.1, 0.15) is 75.4 Å². The van der Waals surface area contributed by atoms with Gasteiger partial charge in [-0.25, -0.2) is 4.68 Å². The van der Waals surface area contributed by atoms with Crippen LogP contribution >= 0.6 is 0 Å². The van der Waals surface area contributed by atoms with Gasteiger partial charge in [0.15, 0.2) is 5.82 Å². The zero-order valence-electron chi connectivity index (χ0n) is 20.3. The number of hydrogen-bond donors (Lipinski definition) is 1. The van der Waals surface area contributed by atoms with E-state index in [-0.39, 0.29) is 24.1 Å². The Kier molecular flexibility index (Phi) is 7.72. The van der Waals surface area contributed by atoms with Crippen LogP contribution in [0.5, 0.6) is 0 Å². The van der Waals surface area contributed by atoms with Gasteiger partial charge < -0.3 is 9.72 Å². The number of ether oxygens (including phenoxy) is 1. The largest absolute Gasteiger partial charge is 0.465 e. The standard InChI is InChI=1S/C25H34N6O3/c1-4-21(24-27-28-29-31(24)16-22(32)34-5-2)30(20-12-7-6-8-13-20)15-19-14-18-11-9-10-17(3)23(18)26-25(19)33/h9-11,14,20-21H,4-8,12-13,15-16H2,1-3H3,(H,26,33)/t21-/m1/s1. The second-order valence-corrected chi connectivity index (χ2v) is 9.05. The number of aromatic amines is 1. The molecule has 34 heavy (non-hydrogen) atoms. The average Bonchev–Trinajstić information content (AvgIpc) is 3.28. The molecule has 1 N–H and O–H groups in total. The first-order valence-electron chi connectivity index (χ1n) is 12.3. The van der Waals surface area contributed by atoms with Gasteiger partial charge in [-0.3, -0.25) is 14.5 Å². The zero-order chi connectivity index (χ0) is 24.1. The van der Waals surface area contributed by atoms with Crippen LogP contribution < -0.4 is 5.56 Å². The number of esters is 1. The molecule has 0 spiro atoms. The van der Waals surface area contributed by atoms with Crippen LogP contribution in [-0.2, 0) is 22.6 Å². The van der Waals surface area contributed by atoms with Gasteiger partial charge in [0, 0.05) is 18.2 Å². The second-order valence-electron chi connectivity index (χ2n) is 9.05. The summed E-state index contributed by atoms with van der Waals surface area (Å²) in [6.07, 6.45) is 6.46. The van der Waals surface area contributed by atoms with Crippen molar-refractivity contribution in [1.29, 1.82) is 0 Å². The summed E-state index contributed by atoms with van der Waals surface area (Å²) in [5, 5.41) is 13.3. The zero-order valence-corrected chi connectivity index (χ0v) is 20.3. The third kappa shape index (κ3) is 5.19. The maximum absolute atomic E-state index is 13.1. The lowest BCUT2D eigenvalue weighted by atomic mass is 9.92. The molecule has 0 bridgehead atoms. The van der Waals surface area contributed by atoms with Crippen molar-refractivity contribution in [2.24, 2.45) is 0 Å². The molecule has 9 heteroatoms. The molecule has 0 aliphatic heterocycles. The van der Waals surface area contributed by atoms with Crippen molar-refractivity contribution in [1.82, 2.24) is 30.1 Å². The summed E-state index contributed by atoms with van der Waals surface area (Å²) in [4.78, 5) is 30.7. The number of aromatic nitrogens is 5. The monoisotopic (exact) mass is 466 g/mol. The Morgan fingerprint density at radius 1 is 1.26 bits per heavy atom. The predicted octanol–water partition coefficient (Wildman–Crippen LogP) is 3.67. The van der Waals surface area contributed by atoms with E-state index in [4.69, 9.17) is 4.74 Å². The number of carbonyl (C=O) groups excluding carboxylic acids is 1. The fourth-order valence-corrected chi connectivity index (χ4v) is 5.11. The third-order valence-electron chi connectivity index (χ3n) is 6.79. The van der Waals surface area contributed by atoms with Crippen LogP contribution in [0.4, 0.5) is 0 Å². The van der Waals surface area contributed by atoms with Crippen LogP contribution in [-0.4, -0.2) is 48.7 Å². The van der Waals surface area contributed by atoms with E-state index in [1.807, 2.05) is 31.2 Å². The van der Waals surface area contributed by atoms with Gasteiger partial charge in [0.05, 0.1) is 18.2 Å². The summed E-state index contributed by atoms with van der Waals surface area (Å²) in [5.74, 6) is 0.269. The van der Waals surface area contributed by atoms with Crippen molar-refractivity contribution in [3.05, 3.63) is 51.6 Å². The number of rotatable bonds is 9. The summed E-state index contributed by atoms with van der Waals surface area (Å²) in [5.41, 5.74) is 2.59. The lowest BCUT2D eigenvalue weighted by Gasteiger charge is -2.39. The Balaban J connectivity index is 1.70. The van der Waals surface area contributed by atoms with Crippen LogP contribution in [0, 0.1) is 6.92 Å². The van der Waals surface area contributed by atoms with E-state index < -0.39 is 0 Å². The maximum atomic E-state index is 13.1. The fourth-order valence-electron chi connectivity index (χ4n) is 5.11. The van der Waals surface area contributed by atoms with Crippen molar-refractivity contribution in [2.45, 2.75) is 84.5 Å². The number of H-pyrrole nitrogens is 1. The number of para-hydroxylation sites is 1. The van der Waals surface area contributed by atoms with E-state index in [1.165, 1.54) is 23.9 Å². The van der Waals surface area contributed by atoms with Crippen LogP contribution in [0.25, 0.3) is 10.9 Å². The lowest BCUT2D eigenvalue weighted by molar-refractivity contribution is -0.144. The highest BCUT2D eigenvalue weighted by Crippen LogP contribution is 2.33. The van der Waals surface area contributed by atoms with Crippen LogP contribution in [0.3, 0.4) is 0 Å². The first kappa shape index (κ1) is 24.1. The molecule has 1 aromatic carbocycles. The SMILES string of the molecule is CCOC(=O)Cn1nnnc1[C@@H](CC)N(Cc1cc2cccc(C)c2[nH]c1=O)C1CCCCC1. The van der Waals surface area contributed by atoms with E-state index in [2.05, 4.69) is 32.3 Å². The van der Waals surface area contributed by atoms with Gasteiger partial charge in [0.1, 0.15) is 6.54 Å². The summed E-state index contributed by atoms with van der Waals surface area (Å²) in [7, 11) is 0. The van der Waals surface area contributed by atoms with Crippen molar-refractivity contribution < 1.29 is 9.53 Å². The highest BCUT2D eigenvalue weighted by Gasteiger charge is 2.32. The molecule has 182 valence electrons. The molecule has 2 heterocycles. The Bertz CT molecular complexity index is 1180. The molecule has 0 saturated heterocycles. The number of nitrogens with one attached hydrogen (secondary N) is 1. The number of nitrogens with zero attached hydrogens (tertiary/aromatic N) is 5. The van der Waals surface area contributed by atoms with Crippen LogP contribution in [0.15, 0.2) is 29.1 Å². The minimum absolute atomic E-state index is 0.0268. The summed E-state index contributed by atoms with van der Waals surface area (Å²) < 4.78 is 6.65. The molecule has 3 aromatic rings. The molecule has 1 saturated carbocycles. The average molecular weight is 467 g/mol. The number of tetrazole rings is 1. The van der Waals surface area contributed by atoms with Gasteiger partial charge >= 0.3 is 5.97 Å². The molecule has 9 nitrogen and oxygen atoms in total. The van der Waals surface area contributed by atoms with Gasteiger partial charge in [-0.2, -0.15) is 0 Å². The minimum atomic E-state index is -0.364. The van der Waals surface area contributed by atoms with Gasteiger partial charge in [0.25, 0.3) is 5.56 Å². The minimum Gasteiger partial charge on any atom is -0.465 e. The number of fused-ring (bicyclic) bond motifs is 1. The maximum Gasteiger partial charge on any atom is 0.327 e. The number of hydrogen-bond acceptors (Lipinski definition) is 7. The van der Waals surface area contributed by atoms with Crippen molar-refractivity contribution in [3.8, 4) is 0 Å². The van der Waals surface area contributed by atoms with E-state index in [0.717, 1.165) is 41.3 Å². The van der Waals surface area contributed by atoms with E-state index in [1.54, 1.807) is 6.92 Å². The quantitative estimate of drug-likeness (QED) is 0.480. The van der Waals surface area contributed by atoms with Crippen molar-refractivity contribution in [3.63, 3.8) is 0 Å². The summed E-state index contributed by atoms with van der Waals surface area (Å²) in [6.45, 7) is 6.66. The predicted molar refractivity (Wildman–Crippen MR) is 129 cm³/mol. The molecule has 0 radical (unpaired) electrons. The van der Waals surface area contributed by atoms with E-state index >= 15 is 0 Å². The molecule has 4 rings (SSSR count). The molecule has 0 unspecified atom stereocenters. The Morgan fingerprint density at radius 3 is 2.79 bits per heavy atom. The molecule has 0 amide bonds. The first-order chi connectivity index (χ1) is 16.5. The van der Waals surface area contributed by atoms with Crippen LogP contribution in [0.2, 0.25) is 0 Å². The molecule has 1 fully saturated rings. The van der Waals surface area contributed by atoms with Crippen molar-refractivity contribution >= 4 is 16.9 Å². The number of carbonyl (C=O) groups is 1. The molecular weight excluding hydrogens is 432 g/mol. The van der Waals surface area contributed by atoms with Gasteiger partial charge in [0.2, 0.25) is 0 Å². The molecule has 2 aromatic heterocycles. The Labute approximate surface area is 199 Å². The summed E-state index contributed by atoms with van der Waals surface area (Å²) >= 11 is 0. The third-order valence-corrected chi connectivity index (χ3v) is 6.79. The first-order valence-corrected chi connectivity index (χ1v) is 12.3. The van der Waals surface area contributed by atoms with E-state index in [0.29, 0.717) is 25.0 Å². The molecular formula is C25H34N6O3. The Morgan fingerprint density at radius 2 is 2.06 bits per heavy atom. The molecule has 1 atom stereocenters. The topological polar surface area (TPSA) is 106 Å². The number of benzene rings is 1. The molecule has 1 aliphatic carbocycles. The summed E-state index contributed by atoms with van der Waals surface area (Å²) in [6, 6.07) is 8.24. The van der Waals surface area contributed by atoms with Gasteiger partial charge in [-0.1, -0.05) is 44.4 Å². The number of pyridine rings is 1. The van der Waals surface area contributed by atoms with Crippen molar-refractivity contribution in [2.75, 3.05) is 6.61 Å². The lowest BCUT2D eigenvalue weighted by Crippen LogP contribution is -2.41. The number of aryl methyl sites for hydroxylation is 1. The normalized spacial score (nSPS) is 15.6. The highest BCUT2D eigenvalue weighted by atomic mass is 16.5. The Hall–Kier alpha value is -3.07. The van der Waals surface area contributed by atoms with E-state index in [9.17, 15) is 9.59 Å². The second kappa shape index (κ2) is 10.9.